The molecule has 4 aromatic rings. The van der Waals surface area contributed by atoms with Crippen LogP contribution in [0.25, 0.3) is 10.9 Å². The number of para-hydroxylation sites is 1. The molecule has 0 fully saturated rings. The van der Waals surface area contributed by atoms with Gasteiger partial charge in [-0.3, -0.25) is 4.98 Å². The highest BCUT2D eigenvalue weighted by Gasteiger charge is 2.30. The van der Waals surface area contributed by atoms with Crippen LogP contribution in [0, 0.1) is 6.92 Å². The fourth-order valence-corrected chi connectivity index (χ4v) is 3.44. The topological polar surface area (TPSA) is 87.1 Å². The zero-order valence-corrected chi connectivity index (χ0v) is 19.4. The lowest BCUT2D eigenvalue weighted by Gasteiger charge is -2.13. The number of aromatic nitrogens is 3. The molecule has 7 nitrogen and oxygen atoms in total. The maximum Gasteiger partial charge on any atom is 0.416 e. The first kappa shape index (κ1) is 23.9. The van der Waals surface area contributed by atoms with Gasteiger partial charge in [0.25, 0.3) is 0 Å². The Labute approximate surface area is 200 Å². The molecule has 180 valence electrons. The van der Waals surface area contributed by atoms with Crippen LogP contribution >= 0.6 is 0 Å². The summed E-state index contributed by atoms with van der Waals surface area (Å²) in [6.07, 6.45) is -1.37. The highest BCUT2D eigenvalue weighted by Crippen LogP contribution is 2.31. The van der Waals surface area contributed by atoms with Gasteiger partial charge in [-0.15, -0.1) is 0 Å². The number of halogens is 3. The van der Waals surface area contributed by atoms with Crippen LogP contribution in [0.1, 0.15) is 30.8 Å². The maximum absolute atomic E-state index is 12.9. The van der Waals surface area contributed by atoms with Gasteiger partial charge >= 0.3 is 6.18 Å². The van der Waals surface area contributed by atoms with Crippen LogP contribution in [0.3, 0.4) is 0 Å². The summed E-state index contributed by atoms with van der Waals surface area (Å²) in [5.41, 5.74) is 6.08. The smallest absolute Gasteiger partial charge is 0.381 e. The van der Waals surface area contributed by atoms with Crippen molar-refractivity contribution in [3.63, 3.8) is 0 Å². The van der Waals surface area contributed by atoms with Gasteiger partial charge in [-0.1, -0.05) is 18.2 Å². The van der Waals surface area contributed by atoms with Crippen molar-refractivity contribution >= 4 is 40.1 Å². The zero-order valence-electron chi connectivity index (χ0n) is 19.4. The minimum Gasteiger partial charge on any atom is -0.381 e. The molecule has 3 N–H and O–H groups in total. The zero-order chi connectivity index (χ0) is 25.0. The van der Waals surface area contributed by atoms with E-state index < -0.39 is 11.7 Å². The van der Waals surface area contributed by atoms with E-state index in [-0.39, 0.29) is 6.04 Å². The summed E-state index contributed by atoms with van der Waals surface area (Å²) in [4.78, 5) is 13.3. The van der Waals surface area contributed by atoms with Crippen molar-refractivity contribution in [1.82, 2.24) is 15.0 Å². The summed E-state index contributed by atoms with van der Waals surface area (Å²) in [7, 11) is 0. The molecule has 0 spiro atoms. The molecule has 10 heteroatoms. The van der Waals surface area contributed by atoms with Gasteiger partial charge in [0.15, 0.2) is 0 Å². The van der Waals surface area contributed by atoms with E-state index in [1.165, 1.54) is 18.5 Å². The summed E-state index contributed by atoms with van der Waals surface area (Å²) >= 11 is 0. The maximum atomic E-state index is 12.9. The van der Waals surface area contributed by atoms with Crippen LogP contribution in [0.15, 0.2) is 65.9 Å². The molecule has 0 aliphatic heterocycles. The van der Waals surface area contributed by atoms with E-state index in [0.29, 0.717) is 23.0 Å². The third-order valence-electron chi connectivity index (χ3n) is 4.99. The van der Waals surface area contributed by atoms with Crippen molar-refractivity contribution in [2.75, 3.05) is 16.1 Å². The van der Waals surface area contributed by atoms with Gasteiger partial charge in [-0.25, -0.2) is 15.4 Å². The van der Waals surface area contributed by atoms with Gasteiger partial charge in [0.2, 0.25) is 5.95 Å². The Morgan fingerprint density at radius 3 is 2.49 bits per heavy atom. The summed E-state index contributed by atoms with van der Waals surface area (Å²) in [5, 5.41) is 11.4. The molecule has 0 saturated carbocycles. The van der Waals surface area contributed by atoms with Crippen molar-refractivity contribution in [2.24, 2.45) is 5.10 Å². The summed E-state index contributed by atoms with van der Waals surface area (Å²) < 4.78 is 38.7. The first-order chi connectivity index (χ1) is 16.7. The Morgan fingerprint density at radius 1 is 0.971 bits per heavy atom. The Hall–Kier alpha value is -4.21. The highest BCUT2D eigenvalue weighted by atomic mass is 19.4. The Morgan fingerprint density at radius 2 is 1.77 bits per heavy atom. The molecule has 0 unspecified atom stereocenters. The number of benzene rings is 2. The molecule has 0 amide bonds. The van der Waals surface area contributed by atoms with E-state index in [2.05, 4.69) is 50.0 Å². The number of hydrogen-bond acceptors (Lipinski definition) is 7. The minimum atomic E-state index is -4.40. The Kier molecular flexibility index (Phi) is 6.81. The number of alkyl halides is 3. The fourth-order valence-electron chi connectivity index (χ4n) is 3.44. The number of nitrogens with one attached hydrogen (secondary N) is 3. The van der Waals surface area contributed by atoms with Crippen molar-refractivity contribution in [3.05, 3.63) is 77.7 Å². The standard InChI is InChI=1S/C25H24F3N7/c1-15(2)31-22-9-5-8-21-16(3)32-24(34-23(21)22)35-30-14-19-10-11-20(13-29-19)33-18-7-4-6-17(12-18)25(26,27)28/h4-15,31,33H,1-3H3,(H,32,34,35)/b30-14+. The van der Waals surface area contributed by atoms with Crippen molar-refractivity contribution in [3.8, 4) is 0 Å². The first-order valence-corrected chi connectivity index (χ1v) is 10.9. The van der Waals surface area contributed by atoms with Crippen molar-refractivity contribution < 1.29 is 13.2 Å². The number of fused-ring (bicyclic) bond motifs is 1. The molecular formula is C25H24F3N7. The second-order valence-electron chi connectivity index (χ2n) is 8.18. The van der Waals surface area contributed by atoms with E-state index in [4.69, 9.17) is 0 Å². The molecule has 0 aliphatic carbocycles. The minimum absolute atomic E-state index is 0.252. The lowest BCUT2D eigenvalue weighted by atomic mass is 10.1. The molecule has 35 heavy (non-hydrogen) atoms. The first-order valence-electron chi connectivity index (χ1n) is 10.9. The normalized spacial score (nSPS) is 11.9. The molecule has 0 saturated heterocycles. The third kappa shape index (κ3) is 6.03. The Balaban J connectivity index is 1.45. The largest absolute Gasteiger partial charge is 0.416 e. The Bertz CT molecular complexity index is 1350. The second-order valence-corrected chi connectivity index (χ2v) is 8.18. The van der Waals surface area contributed by atoms with Crippen LogP contribution < -0.4 is 16.1 Å². The molecule has 0 radical (unpaired) electrons. The van der Waals surface area contributed by atoms with E-state index in [1.807, 2.05) is 25.1 Å². The van der Waals surface area contributed by atoms with Crippen molar-refractivity contribution in [2.45, 2.75) is 33.0 Å². The highest BCUT2D eigenvalue weighted by molar-refractivity contribution is 5.92. The summed E-state index contributed by atoms with van der Waals surface area (Å²) in [5.74, 6) is 0.354. The monoisotopic (exact) mass is 479 g/mol. The van der Waals surface area contributed by atoms with E-state index in [1.54, 1.807) is 18.2 Å². The fraction of sp³-hybridized carbons (Fsp3) is 0.200. The average molecular weight is 480 g/mol. The number of rotatable bonds is 7. The molecule has 0 aliphatic rings. The number of aryl methyl sites for hydroxylation is 1. The van der Waals surface area contributed by atoms with E-state index in [9.17, 15) is 13.2 Å². The van der Waals surface area contributed by atoms with Crippen LogP contribution in [0.5, 0.6) is 0 Å². The second kappa shape index (κ2) is 9.96. The number of hydrogen-bond donors (Lipinski definition) is 3. The van der Waals surface area contributed by atoms with E-state index in [0.717, 1.165) is 34.4 Å². The molecule has 2 heterocycles. The summed E-state index contributed by atoms with van der Waals surface area (Å²) in [6, 6.07) is 14.5. The van der Waals surface area contributed by atoms with Gasteiger partial charge in [0.05, 0.1) is 46.3 Å². The third-order valence-corrected chi connectivity index (χ3v) is 4.99. The molecular weight excluding hydrogens is 455 g/mol. The predicted molar refractivity (Wildman–Crippen MR) is 133 cm³/mol. The van der Waals surface area contributed by atoms with Crippen LogP contribution in [-0.4, -0.2) is 27.2 Å². The van der Waals surface area contributed by atoms with Crippen LogP contribution in [0.2, 0.25) is 0 Å². The number of pyridine rings is 1. The van der Waals surface area contributed by atoms with Crippen LogP contribution in [-0.2, 0) is 6.18 Å². The molecule has 0 bridgehead atoms. The molecule has 2 aromatic carbocycles. The number of hydrazone groups is 1. The SMILES string of the molecule is Cc1nc(N/N=C/c2ccc(Nc3cccc(C(F)(F)F)c3)cn2)nc2c(NC(C)C)cccc12. The lowest BCUT2D eigenvalue weighted by molar-refractivity contribution is -0.137. The number of anilines is 4. The average Bonchev–Trinajstić information content (AvgIpc) is 2.80. The predicted octanol–water partition coefficient (Wildman–Crippen LogP) is 6.36. The van der Waals surface area contributed by atoms with Gasteiger partial charge in [0, 0.05) is 17.1 Å². The molecule has 0 atom stereocenters. The number of nitrogens with zero attached hydrogens (tertiary/aromatic N) is 4. The lowest BCUT2D eigenvalue weighted by Crippen LogP contribution is -2.11. The van der Waals surface area contributed by atoms with Gasteiger partial charge in [-0.2, -0.15) is 18.3 Å². The van der Waals surface area contributed by atoms with Gasteiger partial charge in [-0.05, 0) is 57.2 Å². The van der Waals surface area contributed by atoms with Crippen LogP contribution in [0.4, 0.5) is 36.2 Å². The van der Waals surface area contributed by atoms with Crippen molar-refractivity contribution in [1.29, 1.82) is 0 Å². The van der Waals surface area contributed by atoms with E-state index >= 15 is 0 Å². The van der Waals surface area contributed by atoms with Gasteiger partial charge in [0.1, 0.15) is 0 Å². The molecule has 4 rings (SSSR count). The summed E-state index contributed by atoms with van der Waals surface area (Å²) in [6.45, 7) is 6.03. The van der Waals surface area contributed by atoms with Gasteiger partial charge < -0.3 is 10.6 Å². The molecule has 2 aromatic heterocycles. The quantitative estimate of drug-likeness (QED) is 0.211.